The van der Waals surface area contributed by atoms with E-state index in [9.17, 15) is 0 Å². The zero-order valence-electron chi connectivity index (χ0n) is 4.70. The van der Waals surface area contributed by atoms with Crippen molar-refractivity contribution in [3.05, 3.63) is 23.8 Å². The van der Waals surface area contributed by atoms with Crippen molar-refractivity contribution in [2.24, 2.45) is 0 Å². The third-order valence-corrected chi connectivity index (χ3v) is 1.45. The molecule has 0 saturated carbocycles. The molecule has 1 rings (SSSR count). The molecule has 0 aromatic rings. The average Bonchev–Trinajstić information content (AvgIpc) is 1.91. The van der Waals surface area contributed by atoms with Gasteiger partial charge >= 0.3 is 0 Å². The van der Waals surface area contributed by atoms with Gasteiger partial charge in [-0.25, -0.2) is 0 Å². The van der Waals surface area contributed by atoms with Crippen LogP contribution in [-0.2, 0) is 0 Å². The lowest BCUT2D eigenvalue weighted by molar-refractivity contribution is 1.06. The molecule has 0 nitrogen and oxygen atoms in total. The number of allylic oxidation sites excluding steroid dienone is 3. The van der Waals surface area contributed by atoms with Crippen LogP contribution in [0.25, 0.3) is 0 Å². The molecule has 0 saturated heterocycles. The van der Waals surface area contributed by atoms with E-state index in [-0.39, 0.29) is 0 Å². The highest BCUT2D eigenvalue weighted by Crippen LogP contribution is 2.21. The highest BCUT2D eigenvalue weighted by atomic mass is 14.1. The Hall–Kier alpha value is -0.520. The Morgan fingerprint density at radius 3 is 2.57 bits per heavy atom. The first-order chi connectivity index (χ1) is 3.30. The van der Waals surface area contributed by atoms with Gasteiger partial charge in [0.15, 0.2) is 0 Å². The summed E-state index contributed by atoms with van der Waals surface area (Å²) in [6.45, 7) is 5.99. The van der Waals surface area contributed by atoms with E-state index in [0.29, 0.717) is 0 Å². The van der Waals surface area contributed by atoms with E-state index in [0.717, 1.165) is 0 Å². The molecule has 0 atom stereocenters. The summed E-state index contributed by atoms with van der Waals surface area (Å²) in [6, 6.07) is 0. The van der Waals surface area contributed by atoms with Gasteiger partial charge in [-0.1, -0.05) is 23.8 Å². The predicted octanol–water partition coefficient (Wildman–Crippen LogP) is 2.28. The predicted molar refractivity (Wildman–Crippen MR) is 32.1 cm³/mol. The second-order valence-corrected chi connectivity index (χ2v) is 2.03. The summed E-state index contributed by atoms with van der Waals surface area (Å²) >= 11 is 0. The van der Waals surface area contributed by atoms with E-state index in [4.69, 9.17) is 0 Å². The van der Waals surface area contributed by atoms with Crippen LogP contribution in [0, 0.1) is 0 Å². The van der Waals surface area contributed by atoms with Crippen LogP contribution in [0.15, 0.2) is 23.8 Å². The van der Waals surface area contributed by atoms with Crippen molar-refractivity contribution in [2.45, 2.75) is 19.8 Å². The Bertz CT molecular complexity index is 118. The Morgan fingerprint density at radius 2 is 2.43 bits per heavy atom. The van der Waals surface area contributed by atoms with E-state index in [1.54, 1.807) is 0 Å². The summed E-state index contributed by atoms with van der Waals surface area (Å²) < 4.78 is 0. The Kier molecular flexibility index (Phi) is 1.01. The molecule has 0 bridgehead atoms. The summed E-state index contributed by atoms with van der Waals surface area (Å²) in [5.74, 6) is 0. The van der Waals surface area contributed by atoms with Crippen molar-refractivity contribution in [3.63, 3.8) is 0 Å². The lowest BCUT2D eigenvalue weighted by Gasteiger charge is -1.89. The van der Waals surface area contributed by atoms with E-state index in [2.05, 4.69) is 19.6 Å². The van der Waals surface area contributed by atoms with Gasteiger partial charge in [-0.2, -0.15) is 0 Å². The van der Waals surface area contributed by atoms with E-state index in [1.807, 2.05) is 0 Å². The minimum absolute atomic E-state index is 1.19. The zero-order chi connectivity index (χ0) is 5.28. The molecule has 1 aliphatic rings. The molecule has 0 radical (unpaired) electrons. The maximum Gasteiger partial charge on any atom is -0.0247 e. The van der Waals surface area contributed by atoms with Crippen molar-refractivity contribution in [1.82, 2.24) is 0 Å². The molecule has 1 aliphatic carbocycles. The fourth-order valence-electron chi connectivity index (χ4n) is 0.804. The minimum Gasteiger partial charge on any atom is -0.0956 e. The van der Waals surface area contributed by atoms with Crippen LogP contribution in [0.4, 0.5) is 0 Å². The van der Waals surface area contributed by atoms with Crippen LogP contribution in [0.2, 0.25) is 0 Å². The minimum atomic E-state index is 1.19. The van der Waals surface area contributed by atoms with Crippen molar-refractivity contribution >= 4 is 0 Å². The zero-order valence-corrected chi connectivity index (χ0v) is 4.70. The molecule has 0 unspecified atom stereocenters. The van der Waals surface area contributed by atoms with Gasteiger partial charge in [0.1, 0.15) is 0 Å². The van der Waals surface area contributed by atoms with Crippen LogP contribution in [0.1, 0.15) is 19.8 Å². The van der Waals surface area contributed by atoms with Crippen molar-refractivity contribution in [2.75, 3.05) is 0 Å². The van der Waals surface area contributed by atoms with Gasteiger partial charge in [-0.15, -0.1) is 0 Å². The summed E-state index contributed by atoms with van der Waals surface area (Å²) in [6.07, 6.45) is 4.64. The second-order valence-electron chi connectivity index (χ2n) is 2.03. The summed E-state index contributed by atoms with van der Waals surface area (Å²) in [4.78, 5) is 0. The fourth-order valence-corrected chi connectivity index (χ4v) is 0.804. The number of rotatable bonds is 0. The van der Waals surface area contributed by atoms with Gasteiger partial charge in [0.05, 0.1) is 0 Å². The highest BCUT2D eigenvalue weighted by Gasteiger charge is 2.01. The van der Waals surface area contributed by atoms with E-state index < -0.39 is 0 Å². The molecule has 0 amide bonds. The third kappa shape index (κ3) is 0.738. The number of hydrogen-bond acceptors (Lipinski definition) is 0. The van der Waals surface area contributed by atoms with Gasteiger partial charge < -0.3 is 0 Å². The molecule has 0 heterocycles. The highest BCUT2D eigenvalue weighted by molar-refractivity contribution is 5.30. The lowest BCUT2D eigenvalue weighted by atomic mass is 10.2. The van der Waals surface area contributed by atoms with E-state index >= 15 is 0 Å². The molecule has 0 aromatic heterocycles. The largest absolute Gasteiger partial charge is 0.0956 e. The van der Waals surface area contributed by atoms with Crippen molar-refractivity contribution in [1.29, 1.82) is 0 Å². The summed E-state index contributed by atoms with van der Waals surface area (Å²) in [5.41, 5.74) is 2.71. The monoisotopic (exact) mass is 94.1 g/mol. The maximum atomic E-state index is 3.87. The van der Waals surface area contributed by atoms with Crippen LogP contribution in [0.5, 0.6) is 0 Å². The first kappa shape index (κ1) is 4.63. The Morgan fingerprint density at radius 1 is 1.71 bits per heavy atom. The van der Waals surface area contributed by atoms with Gasteiger partial charge in [0.25, 0.3) is 0 Å². The second kappa shape index (κ2) is 1.53. The standard InChI is InChI=1S/C7H10/c1-6-4-3-5-7(6)2/h5H,1,3-4H2,2H3. The van der Waals surface area contributed by atoms with Gasteiger partial charge in [0, 0.05) is 0 Å². The van der Waals surface area contributed by atoms with Crippen LogP contribution >= 0.6 is 0 Å². The van der Waals surface area contributed by atoms with Gasteiger partial charge in [-0.3, -0.25) is 0 Å². The molecular formula is C7H10. The molecule has 38 valence electrons. The van der Waals surface area contributed by atoms with Gasteiger partial charge in [0.2, 0.25) is 0 Å². The van der Waals surface area contributed by atoms with E-state index in [1.165, 1.54) is 24.0 Å². The SMILES string of the molecule is C=C1CCC=C1C. The molecule has 0 spiro atoms. The first-order valence-electron chi connectivity index (χ1n) is 2.65. The molecule has 0 aliphatic heterocycles. The Labute approximate surface area is 44.5 Å². The fraction of sp³-hybridized carbons (Fsp3) is 0.429. The molecule has 0 heteroatoms. The Balaban J connectivity index is 2.72. The van der Waals surface area contributed by atoms with Crippen LogP contribution < -0.4 is 0 Å². The van der Waals surface area contributed by atoms with Crippen LogP contribution in [0.3, 0.4) is 0 Å². The average molecular weight is 94.2 g/mol. The molecular weight excluding hydrogens is 84.1 g/mol. The van der Waals surface area contributed by atoms with Gasteiger partial charge in [-0.05, 0) is 19.8 Å². The molecule has 0 aromatic carbocycles. The normalized spacial score (nSPS) is 20.1. The quantitative estimate of drug-likeness (QED) is 0.432. The van der Waals surface area contributed by atoms with Crippen molar-refractivity contribution in [3.8, 4) is 0 Å². The lowest BCUT2D eigenvalue weighted by Crippen LogP contribution is -1.69. The smallest absolute Gasteiger partial charge is 0.0247 e. The topological polar surface area (TPSA) is 0 Å². The molecule has 0 N–H and O–H groups in total. The summed E-state index contributed by atoms with van der Waals surface area (Å²) in [5, 5.41) is 0. The molecule has 0 fully saturated rings. The number of hydrogen-bond donors (Lipinski definition) is 0. The van der Waals surface area contributed by atoms with Crippen LogP contribution in [-0.4, -0.2) is 0 Å². The first-order valence-corrected chi connectivity index (χ1v) is 2.65. The maximum absolute atomic E-state index is 3.87. The van der Waals surface area contributed by atoms with Crippen molar-refractivity contribution < 1.29 is 0 Å². The third-order valence-electron chi connectivity index (χ3n) is 1.45. The molecule has 7 heavy (non-hydrogen) atoms. The summed E-state index contributed by atoms with van der Waals surface area (Å²) in [7, 11) is 0.